The Morgan fingerprint density at radius 2 is 1.94 bits per heavy atom. The number of nitrogens with one attached hydrogen (secondary N) is 1. The van der Waals surface area contributed by atoms with Crippen LogP contribution in [0.2, 0.25) is 0 Å². The molecule has 0 saturated heterocycles. The molecule has 90 valence electrons. The molecule has 0 fully saturated rings. The molecular weight excluding hydrogens is 202 g/mol. The maximum atomic E-state index is 5.38. The summed E-state index contributed by atoms with van der Waals surface area (Å²) in [5.74, 6) is 0. The summed E-state index contributed by atoms with van der Waals surface area (Å²) in [7, 11) is 0. The smallest absolute Gasteiger partial charge is 0.0933 e. The van der Waals surface area contributed by atoms with E-state index in [1.165, 1.54) is 12.0 Å². The summed E-state index contributed by atoms with van der Waals surface area (Å²) in [6.07, 6.45) is 2.31. The zero-order valence-electron chi connectivity index (χ0n) is 9.95. The lowest BCUT2D eigenvalue weighted by atomic mass is 10.2. The topological polar surface area (TPSA) is 30.5 Å². The van der Waals surface area contributed by atoms with Gasteiger partial charge in [-0.1, -0.05) is 43.7 Å². The molecule has 1 rings (SSSR count). The molecule has 0 bridgehead atoms. The lowest BCUT2D eigenvalue weighted by molar-refractivity contribution is 0.00927. The zero-order valence-corrected chi connectivity index (χ0v) is 9.95. The monoisotopic (exact) mass is 223 g/mol. The van der Waals surface area contributed by atoms with E-state index in [1.54, 1.807) is 0 Å². The molecule has 3 heteroatoms. The van der Waals surface area contributed by atoms with Crippen LogP contribution in [-0.4, -0.2) is 19.8 Å². The average Bonchev–Trinajstić information content (AvgIpc) is 2.34. The van der Waals surface area contributed by atoms with Crippen molar-refractivity contribution in [3.05, 3.63) is 35.9 Å². The molecule has 0 aliphatic heterocycles. The molecule has 1 aromatic carbocycles. The van der Waals surface area contributed by atoms with Gasteiger partial charge in [0, 0.05) is 13.2 Å². The molecule has 0 saturated carbocycles. The highest BCUT2D eigenvalue weighted by atomic mass is 16.6. The van der Waals surface area contributed by atoms with Crippen LogP contribution in [0.4, 0.5) is 0 Å². The second-order valence-corrected chi connectivity index (χ2v) is 3.63. The Bertz CT molecular complexity index is 251. The third kappa shape index (κ3) is 6.56. The van der Waals surface area contributed by atoms with Gasteiger partial charge in [-0.3, -0.25) is 4.84 Å². The molecule has 0 heterocycles. The van der Waals surface area contributed by atoms with Crippen LogP contribution >= 0.6 is 0 Å². The molecule has 0 unspecified atom stereocenters. The van der Waals surface area contributed by atoms with Crippen LogP contribution in [0.5, 0.6) is 0 Å². The summed E-state index contributed by atoms with van der Waals surface area (Å²) in [6, 6.07) is 10.1. The molecule has 0 radical (unpaired) electrons. The molecule has 0 aliphatic rings. The fourth-order valence-corrected chi connectivity index (χ4v) is 1.24. The second-order valence-electron chi connectivity index (χ2n) is 3.63. The highest BCUT2D eigenvalue weighted by molar-refractivity contribution is 5.13. The van der Waals surface area contributed by atoms with Crippen molar-refractivity contribution in [1.29, 1.82) is 0 Å². The predicted octanol–water partition coefficient (Wildman–Crippen LogP) is 2.52. The molecule has 1 aromatic rings. The van der Waals surface area contributed by atoms with Crippen molar-refractivity contribution in [2.45, 2.75) is 26.4 Å². The van der Waals surface area contributed by atoms with Gasteiger partial charge in [0.1, 0.15) is 0 Å². The van der Waals surface area contributed by atoms with Crippen LogP contribution in [0.3, 0.4) is 0 Å². The standard InChI is InChI=1S/C13H21NO2/c1-2-3-10-15-11-9-14-16-12-13-7-5-4-6-8-13/h4-8,14H,2-3,9-12H2,1H3. The van der Waals surface area contributed by atoms with Gasteiger partial charge in [0.2, 0.25) is 0 Å². The van der Waals surface area contributed by atoms with E-state index in [0.717, 1.165) is 19.6 Å². The Labute approximate surface area is 97.7 Å². The zero-order chi connectivity index (χ0) is 11.5. The molecule has 1 N–H and O–H groups in total. The van der Waals surface area contributed by atoms with Gasteiger partial charge in [0.25, 0.3) is 0 Å². The molecule has 0 aromatic heterocycles. The minimum atomic E-state index is 0.593. The molecule has 3 nitrogen and oxygen atoms in total. The van der Waals surface area contributed by atoms with Crippen LogP contribution < -0.4 is 5.48 Å². The highest BCUT2D eigenvalue weighted by Gasteiger charge is 1.91. The van der Waals surface area contributed by atoms with Crippen LogP contribution in [-0.2, 0) is 16.2 Å². The third-order valence-electron chi connectivity index (χ3n) is 2.17. The van der Waals surface area contributed by atoms with Gasteiger partial charge in [-0.2, -0.15) is 5.48 Å². The van der Waals surface area contributed by atoms with E-state index in [4.69, 9.17) is 9.57 Å². The summed E-state index contributed by atoms with van der Waals surface area (Å²) in [4.78, 5) is 5.30. The molecular formula is C13H21NO2. The fourth-order valence-electron chi connectivity index (χ4n) is 1.24. The van der Waals surface area contributed by atoms with Crippen molar-refractivity contribution in [1.82, 2.24) is 5.48 Å². The first-order valence-electron chi connectivity index (χ1n) is 5.90. The van der Waals surface area contributed by atoms with E-state index < -0.39 is 0 Å². The predicted molar refractivity (Wildman–Crippen MR) is 65.0 cm³/mol. The van der Waals surface area contributed by atoms with E-state index >= 15 is 0 Å². The van der Waals surface area contributed by atoms with Gasteiger partial charge in [-0.05, 0) is 12.0 Å². The van der Waals surface area contributed by atoms with Gasteiger partial charge in [-0.15, -0.1) is 0 Å². The number of unbranched alkanes of at least 4 members (excludes halogenated alkanes) is 1. The lowest BCUT2D eigenvalue weighted by Crippen LogP contribution is -2.20. The van der Waals surface area contributed by atoms with E-state index in [0.29, 0.717) is 13.2 Å². The number of hydrogen-bond donors (Lipinski definition) is 1. The Kier molecular flexibility index (Phi) is 7.68. The van der Waals surface area contributed by atoms with Crippen molar-refractivity contribution >= 4 is 0 Å². The van der Waals surface area contributed by atoms with Crippen LogP contribution in [0, 0.1) is 0 Å². The molecule has 0 aliphatic carbocycles. The Hall–Kier alpha value is -0.900. The Balaban J connectivity index is 1.89. The largest absolute Gasteiger partial charge is 0.380 e. The fraction of sp³-hybridized carbons (Fsp3) is 0.538. The van der Waals surface area contributed by atoms with Gasteiger partial charge >= 0.3 is 0 Å². The summed E-state index contributed by atoms with van der Waals surface area (Å²) in [6.45, 7) is 5.03. The molecule has 16 heavy (non-hydrogen) atoms. The summed E-state index contributed by atoms with van der Waals surface area (Å²) < 4.78 is 5.38. The average molecular weight is 223 g/mol. The minimum Gasteiger partial charge on any atom is -0.380 e. The molecule has 0 spiro atoms. The van der Waals surface area contributed by atoms with Gasteiger partial charge in [0.15, 0.2) is 0 Å². The van der Waals surface area contributed by atoms with E-state index in [1.807, 2.05) is 30.3 Å². The molecule has 0 amide bonds. The normalized spacial score (nSPS) is 10.6. The first-order chi connectivity index (χ1) is 7.93. The number of ether oxygens (including phenoxy) is 1. The second kappa shape index (κ2) is 9.33. The maximum absolute atomic E-state index is 5.38. The summed E-state index contributed by atoms with van der Waals surface area (Å²) in [5.41, 5.74) is 4.05. The lowest BCUT2D eigenvalue weighted by Gasteiger charge is -2.06. The number of rotatable bonds is 9. The van der Waals surface area contributed by atoms with E-state index in [2.05, 4.69) is 12.4 Å². The highest BCUT2D eigenvalue weighted by Crippen LogP contribution is 1.98. The summed E-state index contributed by atoms with van der Waals surface area (Å²) >= 11 is 0. The first kappa shape index (κ1) is 13.2. The van der Waals surface area contributed by atoms with Crippen LogP contribution in [0.25, 0.3) is 0 Å². The van der Waals surface area contributed by atoms with E-state index in [9.17, 15) is 0 Å². The summed E-state index contributed by atoms with van der Waals surface area (Å²) in [5, 5.41) is 0. The maximum Gasteiger partial charge on any atom is 0.0933 e. The Morgan fingerprint density at radius 3 is 2.69 bits per heavy atom. The van der Waals surface area contributed by atoms with Gasteiger partial charge in [0.05, 0.1) is 13.2 Å². The van der Waals surface area contributed by atoms with Crippen molar-refractivity contribution in [2.24, 2.45) is 0 Å². The Morgan fingerprint density at radius 1 is 1.12 bits per heavy atom. The number of hydrogen-bond acceptors (Lipinski definition) is 3. The SMILES string of the molecule is CCCCOCCNOCc1ccccc1. The number of benzene rings is 1. The quantitative estimate of drug-likeness (QED) is 0.515. The van der Waals surface area contributed by atoms with Crippen molar-refractivity contribution in [3.8, 4) is 0 Å². The van der Waals surface area contributed by atoms with Gasteiger partial charge in [-0.25, -0.2) is 0 Å². The van der Waals surface area contributed by atoms with Gasteiger partial charge < -0.3 is 4.74 Å². The van der Waals surface area contributed by atoms with Crippen LogP contribution in [0.1, 0.15) is 25.3 Å². The van der Waals surface area contributed by atoms with Crippen molar-refractivity contribution < 1.29 is 9.57 Å². The minimum absolute atomic E-state index is 0.593. The van der Waals surface area contributed by atoms with E-state index in [-0.39, 0.29) is 0 Å². The van der Waals surface area contributed by atoms with Crippen molar-refractivity contribution in [3.63, 3.8) is 0 Å². The first-order valence-corrected chi connectivity index (χ1v) is 5.90. The third-order valence-corrected chi connectivity index (χ3v) is 2.17. The van der Waals surface area contributed by atoms with Crippen molar-refractivity contribution in [2.75, 3.05) is 19.8 Å². The number of hydroxylamine groups is 1. The van der Waals surface area contributed by atoms with Crippen LogP contribution in [0.15, 0.2) is 30.3 Å². The molecule has 0 atom stereocenters.